The van der Waals surface area contributed by atoms with Crippen LogP contribution in [-0.4, -0.2) is 42.0 Å². The van der Waals surface area contributed by atoms with Crippen LogP contribution in [0, 0.1) is 6.92 Å². The molecule has 0 saturated carbocycles. The number of Topliss-reactive ketones (excluding diaryl/α,β-unsaturated/α-hetero) is 1. The fraction of sp³-hybridized carbons (Fsp3) is 0.290. The number of methoxy groups -OCH3 is 1. The first-order valence-electron chi connectivity index (χ1n) is 12.6. The van der Waals surface area contributed by atoms with Crippen molar-refractivity contribution in [1.29, 1.82) is 0 Å². The third-order valence-corrected chi connectivity index (χ3v) is 6.77. The number of ketones is 1. The maximum Gasteiger partial charge on any atom is 0.295 e. The molecule has 1 atom stereocenters. The first-order valence-corrected chi connectivity index (χ1v) is 12.6. The molecule has 0 aliphatic carbocycles. The van der Waals surface area contributed by atoms with Gasteiger partial charge in [-0.1, -0.05) is 55.5 Å². The van der Waals surface area contributed by atoms with Gasteiger partial charge in [0.15, 0.2) is 0 Å². The number of ether oxygens (including phenoxy) is 2. The van der Waals surface area contributed by atoms with Crippen molar-refractivity contribution < 1.29 is 24.2 Å². The first kappa shape index (κ1) is 26.2. The topological polar surface area (TPSA) is 76.1 Å². The van der Waals surface area contributed by atoms with Crippen LogP contribution >= 0.6 is 0 Å². The van der Waals surface area contributed by atoms with Crippen LogP contribution in [-0.2, 0) is 27.4 Å². The van der Waals surface area contributed by atoms with Crippen molar-refractivity contribution in [3.05, 3.63) is 106 Å². The van der Waals surface area contributed by atoms with Gasteiger partial charge in [0.25, 0.3) is 11.7 Å². The van der Waals surface area contributed by atoms with E-state index in [2.05, 4.69) is 6.92 Å². The molecule has 1 fully saturated rings. The van der Waals surface area contributed by atoms with Gasteiger partial charge in [0, 0.05) is 25.8 Å². The van der Waals surface area contributed by atoms with E-state index in [0.717, 1.165) is 28.7 Å². The third kappa shape index (κ3) is 5.75. The van der Waals surface area contributed by atoms with Crippen LogP contribution in [0.3, 0.4) is 0 Å². The van der Waals surface area contributed by atoms with Crippen molar-refractivity contribution in [2.24, 2.45) is 0 Å². The van der Waals surface area contributed by atoms with Gasteiger partial charge in [-0.3, -0.25) is 9.59 Å². The summed E-state index contributed by atoms with van der Waals surface area (Å²) in [7, 11) is 1.60. The summed E-state index contributed by atoms with van der Waals surface area (Å²) in [5, 5.41) is 11.3. The average molecular weight is 500 g/mol. The van der Waals surface area contributed by atoms with Crippen molar-refractivity contribution in [1.82, 2.24) is 4.90 Å². The lowest BCUT2D eigenvalue weighted by molar-refractivity contribution is -0.140. The summed E-state index contributed by atoms with van der Waals surface area (Å²) < 4.78 is 11.1. The van der Waals surface area contributed by atoms with Crippen molar-refractivity contribution in [3.63, 3.8) is 0 Å². The summed E-state index contributed by atoms with van der Waals surface area (Å²) in [5.74, 6) is -0.839. The molecule has 3 aromatic rings. The van der Waals surface area contributed by atoms with Gasteiger partial charge in [0.05, 0.1) is 11.6 Å². The number of hydrogen-bond acceptors (Lipinski definition) is 5. The van der Waals surface area contributed by atoms with Crippen LogP contribution in [0.2, 0.25) is 0 Å². The zero-order chi connectivity index (χ0) is 26.4. The summed E-state index contributed by atoms with van der Waals surface area (Å²) in [4.78, 5) is 27.7. The van der Waals surface area contributed by atoms with Crippen molar-refractivity contribution in [3.8, 4) is 5.75 Å². The Morgan fingerprint density at radius 2 is 1.68 bits per heavy atom. The summed E-state index contributed by atoms with van der Waals surface area (Å²) in [6.07, 6.45) is 1.46. The molecule has 3 aromatic carbocycles. The Kier molecular flexibility index (Phi) is 8.41. The summed E-state index contributed by atoms with van der Waals surface area (Å²) in [6, 6.07) is 22.1. The normalized spacial score (nSPS) is 16.8. The van der Waals surface area contributed by atoms with Gasteiger partial charge in [-0.25, -0.2) is 0 Å². The molecule has 0 radical (unpaired) electrons. The van der Waals surface area contributed by atoms with Gasteiger partial charge in [-0.15, -0.1) is 0 Å². The molecule has 0 aromatic heterocycles. The highest BCUT2D eigenvalue weighted by atomic mass is 16.5. The fourth-order valence-corrected chi connectivity index (χ4v) is 4.57. The fourth-order valence-electron chi connectivity index (χ4n) is 4.57. The highest BCUT2D eigenvalue weighted by Gasteiger charge is 2.45. The molecule has 0 spiro atoms. The van der Waals surface area contributed by atoms with Crippen LogP contribution in [0.1, 0.15) is 47.2 Å². The van der Waals surface area contributed by atoms with Gasteiger partial charge >= 0.3 is 0 Å². The minimum Gasteiger partial charge on any atom is -0.507 e. The van der Waals surface area contributed by atoms with Crippen molar-refractivity contribution in [2.45, 2.75) is 39.3 Å². The number of benzene rings is 3. The van der Waals surface area contributed by atoms with Crippen LogP contribution in [0.5, 0.6) is 5.75 Å². The minimum absolute atomic E-state index is 0.0974. The van der Waals surface area contributed by atoms with Crippen LogP contribution < -0.4 is 4.74 Å². The zero-order valence-corrected chi connectivity index (χ0v) is 21.6. The maximum atomic E-state index is 13.2. The van der Waals surface area contributed by atoms with E-state index in [9.17, 15) is 14.7 Å². The number of amides is 1. The molecule has 1 heterocycles. The minimum atomic E-state index is -0.681. The van der Waals surface area contributed by atoms with Gasteiger partial charge in [0.1, 0.15) is 18.1 Å². The SMILES string of the molecule is CCc1ccc(C2/C(=C(\O)c3ccc(OCc4ccccc4C)cc3)C(=O)C(=O)N2CCCOC)cc1. The molecule has 192 valence electrons. The van der Waals surface area contributed by atoms with Crippen LogP contribution in [0.15, 0.2) is 78.4 Å². The summed E-state index contributed by atoms with van der Waals surface area (Å²) in [6.45, 7) is 5.35. The van der Waals surface area contributed by atoms with Crippen molar-refractivity contribution >= 4 is 17.4 Å². The molecule has 6 heteroatoms. The second kappa shape index (κ2) is 11.9. The lowest BCUT2D eigenvalue weighted by atomic mass is 9.94. The largest absolute Gasteiger partial charge is 0.507 e. The predicted molar refractivity (Wildman–Crippen MR) is 143 cm³/mol. The monoisotopic (exact) mass is 499 g/mol. The molecule has 6 nitrogen and oxygen atoms in total. The number of aryl methyl sites for hydroxylation is 2. The van der Waals surface area contributed by atoms with Gasteiger partial charge in [0.2, 0.25) is 0 Å². The standard InChI is InChI=1S/C31H33NO5/c1-4-22-10-12-23(13-11-22)28-27(30(34)31(35)32(28)18-7-19-36-3)29(33)24-14-16-26(17-15-24)37-20-25-9-6-5-8-21(25)2/h5-6,8-17,28,33H,4,7,18-20H2,1-3H3/b29-27+. The molecule has 37 heavy (non-hydrogen) atoms. The summed E-state index contributed by atoms with van der Waals surface area (Å²) >= 11 is 0. The molecule has 0 bridgehead atoms. The second-order valence-corrected chi connectivity index (χ2v) is 9.17. The zero-order valence-electron chi connectivity index (χ0n) is 21.6. The quantitative estimate of drug-likeness (QED) is 0.170. The van der Waals surface area contributed by atoms with Crippen LogP contribution in [0.4, 0.5) is 0 Å². The molecule has 1 aliphatic rings. The molecule has 4 rings (SSSR count). The molecular formula is C31H33NO5. The summed E-state index contributed by atoms with van der Waals surface area (Å²) in [5.41, 5.74) is 4.74. The molecule has 1 unspecified atom stereocenters. The van der Waals surface area contributed by atoms with E-state index in [1.54, 1.807) is 31.4 Å². The number of likely N-dealkylation sites (tertiary alicyclic amines) is 1. The van der Waals surface area contributed by atoms with E-state index < -0.39 is 17.7 Å². The van der Waals surface area contributed by atoms with E-state index in [4.69, 9.17) is 9.47 Å². The Morgan fingerprint density at radius 1 is 0.973 bits per heavy atom. The van der Waals surface area contributed by atoms with E-state index in [1.807, 2.05) is 55.5 Å². The Morgan fingerprint density at radius 3 is 2.32 bits per heavy atom. The molecular weight excluding hydrogens is 466 g/mol. The van der Waals surface area contributed by atoms with E-state index >= 15 is 0 Å². The number of aliphatic hydroxyl groups excluding tert-OH is 1. The number of carbonyl (C=O) groups excluding carboxylic acids is 2. The number of hydrogen-bond donors (Lipinski definition) is 1. The number of rotatable bonds is 10. The Bertz CT molecular complexity index is 1280. The highest BCUT2D eigenvalue weighted by molar-refractivity contribution is 6.46. The average Bonchev–Trinajstić information content (AvgIpc) is 3.18. The molecule has 1 saturated heterocycles. The number of nitrogens with zero attached hydrogens (tertiary/aromatic N) is 1. The smallest absolute Gasteiger partial charge is 0.295 e. The first-order chi connectivity index (χ1) is 17.9. The predicted octanol–water partition coefficient (Wildman–Crippen LogP) is 5.59. The highest BCUT2D eigenvalue weighted by Crippen LogP contribution is 2.39. The Hall–Kier alpha value is -3.90. The Labute approximate surface area is 218 Å². The van der Waals surface area contributed by atoms with E-state index in [0.29, 0.717) is 37.5 Å². The van der Waals surface area contributed by atoms with Gasteiger partial charge in [-0.2, -0.15) is 0 Å². The third-order valence-electron chi connectivity index (χ3n) is 6.77. The van der Waals surface area contributed by atoms with Crippen molar-refractivity contribution in [2.75, 3.05) is 20.3 Å². The number of aliphatic hydroxyl groups is 1. The maximum absolute atomic E-state index is 13.2. The van der Waals surface area contributed by atoms with Gasteiger partial charge in [-0.05, 0) is 66.3 Å². The Balaban J connectivity index is 1.64. The molecule has 1 aliphatic heterocycles. The van der Waals surface area contributed by atoms with Gasteiger partial charge < -0.3 is 19.5 Å². The second-order valence-electron chi connectivity index (χ2n) is 9.17. The number of carbonyl (C=O) groups is 2. The van der Waals surface area contributed by atoms with E-state index in [1.165, 1.54) is 4.90 Å². The van der Waals surface area contributed by atoms with Crippen LogP contribution in [0.25, 0.3) is 5.76 Å². The molecule has 1 amide bonds. The lowest BCUT2D eigenvalue weighted by Gasteiger charge is -2.25. The van der Waals surface area contributed by atoms with E-state index in [-0.39, 0.29) is 11.3 Å². The molecule has 1 N–H and O–H groups in total. The lowest BCUT2D eigenvalue weighted by Crippen LogP contribution is -2.31.